The van der Waals surface area contributed by atoms with Crippen LogP contribution in [0, 0.1) is 0 Å². The zero-order valence-electron chi connectivity index (χ0n) is 9.93. The molecule has 118 valence electrons. The molecule has 7 N–H and O–H groups in total. The van der Waals surface area contributed by atoms with Crippen LogP contribution in [-0.4, -0.2) is 78.1 Å². The number of carboxylic acids is 1. The summed E-state index contributed by atoms with van der Waals surface area (Å²) in [4.78, 5) is 28.2. The van der Waals surface area contributed by atoms with Gasteiger partial charge in [0.1, 0.15) is 24.4 Å². The van der Waals surface area contributed by atoms with Crippen LogP contribution in [0.4, 0.5) is 0 Å². The average molecular weight is 318 g/mol. The van der Waals surface area contributed by atoms with E-state index in [1.165, 1.54) is 0 Å². The SMILES string of the molecule is O=C(O)[C@]1(O)C[C@@H](OP(=O)(O)O)[C@@H](O)[C@@H](C(O)CO)O1. The van der Waals surface area contributed by atoms with Crippen LogP contribution in [-0.2, 0) is 18.6 Å². The van der Waals surface area contributed by atoms with Crippen molar-refractivity contribution >= 4 is 13.8 Å². The van der Waals surface area contributed by atoms with Gasteiger partial charge in [0.05, 0.1) is 6.61 Å². The average Bonchev–Trinajstić information content (AvgIpc) is 2.30. The van der Waals surface area contributed by atoms with E-state index in [1.54, 1.807) is 0 Å². The van der Waals surface area contributed by atoms with Gasteiger partial charge in [0.2, 0.25) is 0 Å². The molecule has 0 spiro atoms. The minimum atomic E-state index is -5.09. The zero-order chi connectivity index (χ0) is 15.7. The van der Waals surface area contributed by atoms with E-state index in [4.69, 9.17) is 20.0 Å². The van der Waals surface area contributed by atoms with Gasteiger partial charge in [-0.15, -0.1) is 0 Å². The molecule has 1 saturated heterocycles. The summed E-state index contributed by atoms with van der Waals surface area (Å²) >= 11 is 0. The molecule has 1 fully saturated rings. The highest BCUT2D eigenvalue weighted by molar-refractivity contribution is 7.46. The van der Waals surface area contributed by atoms with E-state index >= 15 is 0 Å². The Hall–Kier alpha value is -0.620. The molecule has 1 aliphatic rings. The molecular formula is C8H15O11P. The molecule has 1 rings (SSSR count). The summed E-state index contributed by atoms with van der Waals surface area (Å²) in [5.41, 5.74) is 0. The Labute approximate surface area is 112 Å². The number of aliphatic hydroxyl groups excluding tert-OH is 3. The van der Waals surface area contributed by atoms with Crippen LogP contribution in [0.3, 0.4) is 0 Å². The van der Waals surface area contributed by atoms with Crippen molar-refractivity contribution in [3.63, 3.8) is 0 Å². The lowest BCUT2D eigenvalue weighted by atomic mass is 9.93. The highest BCUT2D eigenvalue weighted by Crippen LogP contribution is 2.43. The van der Waals surface area contributed by atoms with Gasteiger partial charge in [0.25, 0.3) is 5.79 Å². The van der Waals surface area contributed by atoms with Gasteiger partial charge < -0.3 is 40.1 Å². The molecule has 11 nitrogen and oxygen atoms in total. The summed E-state index contributed by atoms with van der Waals surface area (Å²) in [5, 5.41) is 46.4. The lowest BCUT2D eigenvalue weighted by molar-refractivity contribution is -0.307. The summed E-state index contributed by atoms with van der Waals surface area (Å²) in [5.74, 6) is -4.83. The second kappa shape index (κ2) is 6.02. The molecule has 0 saturated carbocycles. The minimum absolute atomic E-state index is 0.944. The third kappa shape index (κ3) is 3.95. The predicted molar refractivity (Wildman–Crippen MR) is 58.1 cm³/mol. The Bertz CT molecular complexity index is 407. The molecule has 0 radical (unpaired) electrons. The molecule has 1 unspecified atom stereocenters. The van der Waals surface area contributed by atoms with E-state index in [0.29, 0.717) is 0 Å². The summed E-state index contributed by atoms with van der Waals surface area (Å²) in [6, 6.07) is 0. The Balaban J connectivity index is 3.05. The van der Waals surface area contributed by atoms with Crippen molar-refractivity contribution < 1.29 is 53.9 Å². The topological polar surface area (TPSA) is 194 Å². The van der Waals surface area contributed by atoms with Gasteiger partial charge in [-0.1, -0.05) is 0 Å². The van der Waals surface area contributed by atoms with Gasteiger partial charge in [-0.3, -0.25) is 4.52 Å². The van der Waals surface area contributed by atoms with Gasteiger partial charge in [-0.25, -0.2) is 9.36 Å². The first-order valence-corrected chi connectivity index (χ1v) is 6.87. The first-order valence-electron chi connectivity index (χ1n) is 5.34. The van der Waals surface area contributed by atoms with Crippen molar-refractivity contribution in [2.45, 2.75) is 36.6 Å². The van der Waals surface area contributed by atoms with Crippen molar-refractivity contribution in [1.29, 1.82) is 0 Å². The Morgan fingerprint density at radius 3 is 2.45 bits per heavy atom. The highest BCUT2D eigenvalue weighted by Gasteiger charge is 2.54. The molecule has 0 amide bonds. The van der Waals surface area contributed by atoms with Crippen molar-refractivity contribution in [3.8, 4) is 0 Å². The first kappa shape index (κ1) is 17.4. The van der Waals surface area contributed by atoms with E-state index < -0.39 is 57.0 Å². The molecule has 0 bridgehead atoms. The number of carboxylic acid groups (broad SMARTS) is 1. The predicted octanol–water partition coefficient (Wildman–Crippen LogP) is -3.26. The molecule has 1 heterocycles. The van der Waals surface area contributed by atoms with Crippen LogP contribution >= 0.6 is 7.82 Å². The lowest BCUT2D eigenvalue weighted by Crippen LogP contribution is -2.62. The number of ether oxygens (including phenoxy) is 1. The highest BCUT2D eigenvalue weighted by atomic mass is 31.2. The molecule has 0 aliphatic carbocycles. The maximum Gasteiger partial charge on any atom is 0.469 e. The summed E-state index contributed by atoms with van der Waals surface area (Å²) in [6.45, 7) is -0.944. The number of rotatable bonds is 5. The van der Waals surface area contributed by atoms with Crippen LogP contribution < -0.4 is 0 Å². The fourth-order valence-corrected chi connectivity index (χ4v) is 2.32. The Kier molecular flexibility index (Phi) is 5.24. The molecule has 12 heteroatoms. The van der Waals surface area contributed by atoms with Gasteiger partial charge in [-0.2, -0.15) is 0 Å². The largest absolute Gasteiger partial charge is 0.477 e. The van der Waals surface area contributed by atoms with Crippen LogP contribution in [0.2, 0.25) is 0 Å². The standard InChI is InChI=1S/C8H15O11P/c9-2-3(10)6-5(11)4(19-20(15,16)17)1-8(14,18-6)7(12)13/h3-6,9-11,14H,1-2H2,(H,12,13)(H2,15,16,17)/t3?,4-,5-,6-,8+/m1/s1. The molecule has 1 aliphatic heterocycles. The molecule has 0 aromatic heterocycles. The summed E-state index contributed by atoms with van der Waals surface area (Å²) < 4.78 is 19.5. The number of carbonyl (C=O) groups is 1. The van der Waals surface area contributed by atoms with Gasteiger partial charge in [0.15, 0.2) is 0 Å². The van der Waals surface area contributed by atoms with Gasteiger partial charge >= 0.3 is 13.8 Å². The van der Waals surface area contributed by atoms with E-state index in [9.17, 15) is 24.7 Å². The number of aliphatic carboxylic acids is 1. The van der Waals surface area contributed by atoms with Gasteiger partial charge in [0, 0.05) is 6.42 Å². The van der Waals surface area contributed by atoms with E-state index in [2.05, 4.69) is 9.26 Å². The van der Waals surface area contributed by atoms with E-state index in [-0.39, 0.29) is 0 Å². The quantitative estimate of drug-likeness (QED) is 0.251. The normalized spacial score (nSPS) is 36.6. The monoisotopic (exact) mass is 318 g/mol. The zero-order valence-corrected chi connectivity index (χ0v) is 10.8. The number of aliphatic hydroxyl groups is 4. The maximum absolute atomic E-state index is 10.9. The van der Waals surface area contributed by atoms with Crippen LogP contribution in [0.25, 0.3) is 0 Å². The minimum Gasteiger partial charge on any atom is -0.477 e. The maximum atomic E-state index is 10.9. The first-order chi connectivity index (χ1) is 9.00. The Morgan fingerprint density at radius 2 is 2.05 bits per heavy atom. The van der Waals surface area contributed by atoms with Crippen LogP contribution in [0.1, 0.15) is 6.42 Å². The van der Waals surface area contributed by atoms with Crippen molar-refractivity contribution in [2.24, 2.45) is 0 Å². The number of hydrogen-bond donors (Lipinski definition) is 7. The fourth-order valence-electron chi connectivity index (χ4n) is 1.77. The van der Waals surface area contributed by atoms with Crippen molar-refractivity contribution in [3.05, 3.63) is 0 Å². The molecular weight excluding hydrogens is 303 g/mol. The second-order valence-corrected chi connectivity index (χ2v) is 5.44. The smallest absolute Gasteiger partial charge is 0.469 e. The van der Waals surface area contributed by atoms with Gasteiger partial charge in [-0.05, 0) is 0 Å². The van der Waals surface area contributed by atoms with Crippen LogP contribution in [0.15, 0.2) is 0 Å². The van der Waals surface area contributed by atoms with E-state index in [0.717, 1.165) is 0 Å². The third-order valence-corrected chi connectivity index (χ3v) is 3.25. The lowest BCUT2D eigenvalue weighted by Gasteiger charge is -2.42. The number of phosphoric ester groups is 1. The second-order valence-electron chi connectivity index (χ2n) is 4.25. The molecule has 20 heavy (non-hydrogen) atoms. The summed E-state index contributed by atoms with van der Waals surface area (Å²) in [7, 11) is -5.09. The fraction of sp³-hybridized carbons (Fsp3) is 0.875. The Morgan fingerprint density at radius 1 is 1.50 bits per heavy atom. The number of hydrogen-bond acceptors (Lipinski definition) is 8. The molecule has 0 aromatic carbocycles. The van der Waals surface area contributed by atoms with Crippen molar-refractivity contribution in [1.82, 2.24) is 0 Å². The molecule has 5 atom stereocenters. The van der Waals surface area contributed by atoms with Crippen molar-refractivity contribution in [2.75, 3.05) is 6.61 Å². The molecule has 0 aromatic rings. The summed E-state index contributed by atoms with van der Waals surface area (Å²) in [6.07, 6.45) is -8.28. The van der Waals surface area contributed by atoms with Crippen LogP contribution in [0.5, 0.6) is 0 Å². The third-order valence-electron chi connectivity index (χ3n) is 2.70. The van der Waals surface area contributed by atoms with E-state index in [1.807, 2.05) is 0 Å². The number of phosphoric acid groups is 1.